The monoisotopic (exact) mass is 339 g/mol. The Labute approximate surface area is 147 Å². The second kappa shape index (κ2) is 7.75. The molecule has 130 valence electrons. The molecule has 2 aromatic carbocycles. The molecule has 0 fully saturated rings. The summed E-state index contributed by atoms with van der Waals surface area (Å²) in [5, 5.41) is 2.86. The molecular weight excluding hydrogens is 318 g/mol. The molecule has 1 N–H and O–H groups in total. The first-order valence-electron chi connectivity index (χ1n) is 8.13. The Morgan fingerprint density at radius 3 is 2.92 bits per heavy atom. The molecule has 2 aromatic rings. The van der Waals surface area contributed by atoms with Gasteiger partial charge < -0.3 is 19.5 Å². The van der Waals surface area contributed by atoms with Crippen molar-refractivity contribution in [1.29, 1.82) is 0 Å². The van der Waals surface area contributed by atoms with Gasteiger partial charge in [-0.3, -0.25) is 4.79 Å². The number of benzene rings is 2. The molecule has 0 spiro atoms. The van der Waals surface area contributed by atoms with Crippen LogP contribution in [0.2, 0.25) is 0 Å². The number of hydrogen-bond acceptors (Lipinski definition) is 4. The first-order valence-corrected chi connectivity index (χ1v) is 8.13. The second-order valence-electron chi connectivity index (χ2n) is 5.67. The summed E-state index contributed by atoms with van der Waals surface area (Å²) in [6.45, 7) is 1.09. The minimum atomic E-state index is -0.165. The number of carbonyl (C=O) groups excluding carboxylic acids is 1. The third-order valence-electron chi connectivity index (χ3n) is 4.08. The Morgan fingerprint density at radius 2 is 2.12 bits per heavy atom. The van der Waals surface area contributed by atoms with Crippen molar-refractivity contribution in [3.63, 3.8) is 0 Å². The van der Waals surface area contributed by atoms with Gasteiger partial charge in [0.25, 0.3) is 0 Å². The fourth-order valence-electron chi connectivity index (χ4n) is 2.82. The first kappa shape index (κ1) is 16.9. The quantitative estimate of drug-likeness (QED) is 0.822. The fourth-order valence-corrected chi connectivity index (χ4v) is 2.82. The van der Waals surface area contributed by atoms with Crippen LogP contribution in [-0.4, -0.2) is 26.7 Å². The Balaban J connectivity index is 1.62. The van der Waals surface area contributed by atoms with E-state index in [1.165, 1.54) is 11.6 Å². The molecule has 0 bridgehead atoms. The Hall–Kier alpha value is -2.95. The molecule has 0 saturated carbocycles. The molecule has 3 rings (SSSR count). The van der Waals surface area contributed by atoms with Crippen LogP contribution in [0.5, 0.6) is 17.2 Å². The SMILES string of the molecule is COc1cccc(CNC(=O)/C=C/c2ccc3c(c2)CCO3)c1OC. The second-order valence-corrected chi connectivity index (χ2v) is 5.67. The van der Waals surface area contributed by atoms with Crippen molar-refractivity contribution in [3.8, 4) is 17.2 Å². The largest absolute Gasteiger partial charge is 0.493 e. The number of ether oxygens (including phenoxy) is 3. The minimum Gasteiger partial charge on any atom is -0.493 e. The number of fused-ring (bicyclic) bond motifs is 1. The molecule has 0 unspecified atom stereocenters. The van der Waals surface area contributed by atoms with E-state index in [2.05, 4.69) is 11.4 Å². The molecule has 1 amide bonds. The van der Waals surface area contributed by atoms with Crippen LogP contribution >= 0.6 is 0 Å². The molecule has 1 heterocycles. The highest BCUT2D eigenvalue weighted by atomic mass is 16.5. The highest BCUT2D eigenvalue weighted by Crippen LogP contribution is 2.30. The van der Waals surface area contributed by atoms with E-state index in [0.29, 0.717) is 18.0 Å². The van der Waals surface area contributed by atoms with Crippen LogP contribution in [-0.2, 0) is 17.8 Å². The van der Waals surface area contributed by atoms with Gasteiger partial charge >= 0.3 is 0 Å². The van der Waals surface area contributed by atoms with Crippen LogP contribution in [0.4, 0.5) is 0 Å². The maximum atomic E-state index is 12.1. The van der Waals surface area contributed by atoms with E-state index in [0.717, 1.165) is 29.9 Å². The van der Waals surface area contributed by atoms with Gasteiger partial charge in [-0.25, -0.2) is 0 Å². The van der Waals surface area contributed by atoms with Crippen molar-refractivity contribution >= 4 is 12.0 Å². The molecule has 1 aliphatic heterocycles. The van der Waals surface area contributed by atoms with Gasteiger partial charge in [-0.05, 0) is 35.4 Å². The molecule has 0 aromatic heterocycles. The topological polar surface area (TPSA) is 56.8 Å². The third kappa shape index (κ3) is 3.94. The first-order chi connectivity index (χ1) is 12.2. The molecule has 0 radical (unpaired) electrons. The molecule has 5 heteroatoms. The number of carbonyl (C=O) groups is 1. The van der Waals surface area contributed by atoms with Gasteiger partial charge in [0.05, 0.1) is 20.8 Å². The summed E-state index contributed by atoms with van der Waals surface area (Å²) in [6, 6.07) is 11.5. The van der Waals surface area contributed by atoms with E-state index < -0.39 is 0 Å². The van der Waals surface area contributed by atoms with Crippen molar-refractivity contribution in [1.82, 2.24) is 5.32 Å². The highest BCUT2D eigenvalue weighted by molar-refractivity contribution is 5.91. The number of rotatable bonds is 6. The van der Waals surface area contributed by atoms with Crippen molar-refractivity contribution in [3.05, 3.63) is 59.2 Å². The van der Waals surface area contributed by atoms with Gasteiger partial charge in [0, 0.05) is 24.6 Å². The molecule has 0 saturated heterocycles. The zero-order valence-corrected chi connectivity index (χ0v) is 14.4. The van der Waals surface area contributed by atoms with Gasteiger partial charge in [-0.1, -0.05) is 18.2 Å². The van der Waals surface area contributed by atoms with E-state index in [4.69, 9.17) is 14.2 Å². The number of hydrogen-bond donors (Lipinski definition) is 1. The van der Waals surface area contributed by atoms with E-state index >= 15 is 0 Å². The van der Waals surface area contributed by atoms with E-state index in [9.17, 15) is 4.79 Å². The Morgan fingerprint density at radius 1 is 1.24 bits per heavy atom. The van der Waals surface area contributed by atoms with Crippen LogP contribution in [0.3, 0.4) is 0 Å². The molecule has 0 aliphatic carbocycles. The molecule has 25 heavy (non-hydrogen) atoms. The van der Waals surface area contributed by atoms with Crippen LogP contribution in [0.15, 0.2) is 42.5 Å². The van der Waals surface area contributed by atoms with E-state index in [1.807, 2.05) is 30.3 Å². The fraction of sp³-hybridized carbons (Fsp3) is 0.250. The molecule has 5 nitrogen and oxygen atoms in total. The van der Waals surface area contributed by atoms with Gasteiger partial charge in [-0.2, -0.15) is 0 Å². The van der Waals surface area contributed by atoms with Crippen LogP contribution < -0.4 is 19.5 Å². The van der Waals surface area contributed by atoms with Crippen LogP contribution in [0.1, 0.15) is 16.7 Å². The normalized spacial score (nSPS) is 12.6. The van der Waals surface area contributed by atoms with Crippen molar-refractivity contribution in [2.24, 2.45) is 0 Å². The third-order valence-corrected chi connectivity index (χ3v) is 4.08. The van der Waals surface area contributed by atoms with Gasteiger partial charge in [-0.15, -0.1) is 0 Å². The smallest absolute Gasteiger partial charge is 0.244 e. The average Bonchev–Trinajstić information content (AvgIpc) is 3.11. The van der Waals surface area contributed by atoms with E-state index in [1.54, 1.807) is 20.3 Å². The lowest BCUT2D eigenvalue weighted by molar-refractivity contribution is -0.116. The number of amides is 1. The number of para-hydroxylation sites is 1. The zero-order chi connectivity index (χ0) is 17.6. The highest BCUT2D eigenvalue weighted by Gasteiger charge is 2.12. The summed E-state index contributed by atoms with van der Waals surface area (Å²) in [6.07, 6.45) is 4.25. The lowest BCUT2D eigenvalue weighted by Crippen LogP contribution is -2.20. The summed E-state index contributed by atoms with van der Waals surface area (Å²) in [4.78, 5) is 12.1. The summed E-state index contributed by atoms with van der Waals surface area (Å²) in [7, 11) is 3.17. The maximum Gasteiger partial charge on any atom is 0.244 e. The lowest BCUT2D eigenvalue weighted by Gasteiger charge is -2.12. The van der Waals surface area contributed by atoms with Gasteiger partial charge in [0.15, 0.2) is 11.5 Å². The predicted molar refractivity (Wildman–Crippen MR) is 96.1 cm³/mol. The van der Waals surface area contributed by atoms with Crippen molar-refractivity contribution in [2.75, 3.05) is 20.8 Å². The number of nitrogens with one attached hydrogen (secondary N) is 1. The summed E-state index contributed by atoms with van der Waals surface area (Å²) in [5.74, 6) is 2.05. The maximum absolute atomic E-state index is 12.1. The lowest BCUT2D eigenvalue weighted by atomic mass is 10.1. The molecule has 0 atom stereocenters. The van der Waals surface area contributed by atoms with Crippen molar-refractivity contribution < 1.29 is 19.0 Å². The molecule has 1 aliphatic rings. The van der Waals surface area contributed by atoms with Crippen LogP contribution in [0, 0.1) is 0 Å². The Bertz CT molecular complexity index is 798. The van der Waals surface area contributed by atoms with Crippen molar-refractivity contribution in [2.45, 2.75) is 13.0 Å². The van der Waals surface area contributed by atoms with Gasteiger partial charge in [0.2, 0.25) is 5.91 Å². The summed E-state index contributed by atoms with van der Waals surface area (Å²) >= 11 is 0. The Kier molecular flexibility index (Phi) is 5.23. The standard InChI is InChI=1S/C20H21NO4/c1-23-18-5-3-4-16(20(18)24-2)13-21-19(22)9-7-14-6-8-17-15(12-14)10-11-25-17/h3-9,12H,10-11,13H2,1-2H3,(H,21,22)/b9-7+. The zero-order valence-electron chi connectivity index (χ0n) is 14.4. The summed E-state index contributed by atoms with van der Waals surface area (Å²) in [5.41, 5.74) is 3.03. The summed E-state index contributed by atoms with van der Waals surface area (Å²) < 4.78 is 16.1. The van der Waals surface area contributed by atoms with E-state index in [-0.39, 0.29) is 5.91 Å². The molecular formula is C20H21NO4. The number of methoxy groups -OCH3 is 2. The van der Waals surface area contributed by atoms with Gasteiger partial charge in [0.1, 0.15) is 5.75 Å². The van der Waals surface area contributed by atoms with Crippen LogP contribution in [0.25, 0.3) is 6.08 Å². The predicted octanol–water partition coefficient (Wildman–Crippen LogP) is 2.97. The average molecular weight is 339 g/mol. The minimum absolute atomic E-state index is 0.165.